The Morgan fingerprint density at radius 2 is 2.03 bits per heavy atom. The van der Waals surface area contributed by atoms with Gasteiger partial charge in [-0.2, -0.15) is 0 Å². The topological polar surface area (TPSA) is 58.6 Å². The quantitative estimate of drug-likeness (QED) is 0.452. The van der Waals surface area contributed by atoms with Gasteiger partial charge in [-0.05, 0) is 61.9 Å². The zero-order chi connectivity index (χ0) is 21.0. The van der Waals surface area contributed by atoms with Gasteiger partial charge in [-0.3, -0.25) is 14.5 Å². The maximum atomic E-state index is 12.9. The molecule has 2 amide bonds. The lowest BCUT2D eigenvalue weighted by atomic mass is 10.2. The zero-order valence-corrected chi connectivity index (χ0v) is 19.1. The van der Waals surface area contributed by atoms with Crippen LogP contribution in [0.4, 0.5) is 5.69 Å². The van der Waals surface area contributed by atoms with E-state index in [2.05, 4.69) is 21.2 Å². The summed E-state index contributed by atoms with van der Waals surface area (Å²) < 4.78 is 6.68. The molecule has 0 bridgehead atoms. The molecule has 1 atom stereocenters. The zero-order valence-electron chi connectivity index (χ0n) is 15.8. The second-order valence-electron chi connectivity index (χ2n) is 6.23. The lowest BCUT2D eigenvalue weighted by molar-refractivity contribution is -0.129. The molecular weight excluding hydrogens is 472 g/mol. The molecule has 1 unspecified atom stereocenters. The molecule has 1 aliphatic heterocycles. The molecule has 3 rings (SSSR count). The van der Waals surface area contributed by atoms with Crippen molar-refractivity contribution in [3.63, 3.8) is 0 Å². The van der Waals surface area contributed by atoms with Gasteiger partial charge in [0, 0.05) is 10.2 Å². The van der Waals surface area contributed by atoms with E-state index in [0.717, 1.165) is 15.8 Å². The number of thioether (sulfide) groups is 1. The second-order valence-corrected chi connectivity index (χ2v) is 8.82. The molecule has 0 aliphatic carbocycles. The van der Waals surface area contributed by atoms with Crippen LogP contribution >= 0.6 is 39.9 Å². The van der Waals surface area contributed by atoms with E-state index < -0.39 is 6.04 Å². The number of halogens is 1. The fourth-order valence-electron chi connectivity index (χ4n) is 2.73. The van der Waals surface area contributed by atoms with Crippen LogP contribution in [0.25, 0.3) is 6.08 Å². The fraction of sp³-hybridized carbons (Fsp3) is 0.190. The van der Waals surface area contributed by atoms with Crippen LogP contribution in [0.5, 0.6) is 5.75 Å². The van der Waals surface area contributed by atoms with Crippen LogP contribution in [0.1, 0.15) is 19.4 Å². The Morgan fingerprint density at radius 1 is 1.31 bits per heavy atom. The summed E-state index contributed by atoms with van der Waals surface area (Å²) in [6.07, 6.45) is 1.78. The minimum Gasteiger partial charge on any atom is -0.494 e. The average Bonchev–Trinajstić information content (AvgIpc) is 2.96. The van der Waals surface area contributed by atoms with E-state index in [0.29, 0.717) is 21.5 Å². The van der Waals surface area contributed by atoms with Crippen LogP contribution < -0.4 is 10.1 Å². The maximum absolute atomic E-state index is 12.9. The fourth-order valence-corrected chi connectivity index (χ4v) is 4.56. The van der Waals surface area contributed by atoms with Crippen molar-refractivity contribution in [1.29, 1.82) is 0 Å². The minimum atomic E-state index is -0.734. The highest BCUT2D eigenvalue weighted by atomic mass is 79.9. The van der Waals surface area contributed by atoms with Crippen molar-refractivity contribution < 1.29 is 14.3 Å². The molecule has 150 valence electrons. The Hall–Kier alpha value is -2.16. The summed E-state index contributed by atoms with van der Waals surface area (Å²) >= 11 is 9.98. The van der Waals surface area contributed by atoms with Gasteiger partial charge in [0.2, 0.25) is 5.91 Å². The maximum Gasteiger partial charge on any atom is 0.266 e. The van der Waals surface area contributed by atoms with Crippen molar-refractivity contribution in [2.24, 2.45) is 0 Å². The number of benzene rings is 2. The summed E-state index contributed by atoms with van der Waals surface area (Å²) in [5.41, 5.74) is 1.51. The Morgan fingerprint density at radius 3 is 2.69 bits per heavy atom. The smallest absolute Gasteiger partial charge is 0.266 e. The van der Waals surface area contributed by atoms with E-state index in [1.54, 1.807) is 37.3 Å². The predicted molar refractivity (Wildman–Crippen MR) is 125 cm³/mol. The molecule has 2 aromatic rings. The molecule has 0 spiro atoms. The van der Waals surface area contributed by atoms with Gasteiger partial charge < -0.3 is 10.1 Å². The Labute approximate surface area is 187 Å². The summed E-state index contributed by atoms with van der Waals surface area (Å²) in [5, 5.41) is 2.82. The van der Waals surface area contributed by atoms with E-state index in [-0.39, 0.29) is 11.8 Å². The number of rotatable bonds is 6. The highest BCUT2D eigenvalue weighted by molar-refractivity contribution is 9.10. The van der Waals surface area contributed by atoms with Crippen molar-refractivity contribution >= 4 is 67.8 Å². The average molecular weight is 491 g/mol. The van der Waals surface area contributed by atoms with Crippen LogP contribution in [-0.2, 0) is 9.59 Å². The van der Waals surface area contributed by atoms with Crippen LogP contribution in [0.3, 0.4) is 0 Å². The van der Waals surface area contributed by atoms with Gasteiger partial charge in [-0.25, -0.2) is 0 Å². The predicted octanol–water partition coefficient (Wildman–Crippen LogP) is 5.08. The molecular formula is C21H19BrN2O3S2. The van der Waals surface area contributed by atoms with E-state index in [1.807, 2.05) is 31.2 Å². The normalized spacial score (nSPS) is 16.2. The molecule has 0 radical (unpaired) electrons. The van der Waals surface area contributed by atoms with Crippen molar-refractivity contribution in [2.75, 3.05) is 11.9 Å². The van der Waals surface area contributed by atoms with Crippen molar-refractivity contribution in [2.45, 2.75) is 19.9 Å². The highest BCUT2D eigenvalue weighted by Gasteiger charge is 2.38. The molecule has 2 aromatic carbocycles. The second kappa shape index (κ2) is 9.56. The number of nitrogens with zero attached hydrogens (tertiary/aromatic N) is 1. The Kier molecular flexibility index (Phi) is 7.10. The van der Waals surface area contributed by atoms with Crippen LogP contribution in [0, 0.1) is 0 Å². The van der Waals surface area contributed by atoms with Gasteiger partial charge in [0.25, 0.3) is 5.91 Å². The monoisotopic (exact) mass is 490 g/mol. The number of hydrogen-bond acceptors (Lipinski definition) is 5. The lowest BCUT2D eigenvalue weighted by Gasteiger charge is -2.22. The van der Waals surface area contributed by atoms with Crippen LogP contribution in [-0.4, -0.2) is 33.7 Å². The van der Waals surface area contributed by atoms with Crippen molar-refractivity contribution in [3.05, 3.63) is 63.5 Å². The molecule has 1 fully saturated rings. The number of nitrogens with one attached hydrogen (secondary N) is 1. The molecule has 1 aliphatic rings. The third-order valence-corrected chi connectivity index (χ3v) is 5.99. The largest absolute Gasteiger partial charge is 0.494 e. The van der Waals surface area contributed by atoms with Crippen LogP contribution in [0.2, 0.25) is 0 Å². The first-order valence-corrected chi connectivity index (χ1v) is 11.0. The van der Waals surface area contributed by atoms with Crippen molar-refractivity contribution in [1.82, 2.24) is 4.90 Å². The minimum absolute atomic E-state index is 0.269. The molecule has 1 saturated heterocycles. The number of carbonyl (C=O) groups is 2. The van der Waals surface area contributed by atoms with Gasteiger partial charge in [0.1, 0.15) is 16.1 Å². The van der Waals surface area contributed by atoms with Crippen molar-refractivity contribution in [3.8, 4) is 5.75 Å². The lowest BCUT2D eigenvalue weighted by Crippen LogP contribution is -2.44. The SMILES string of the molecule is CCOc1ccc(NC(=O)C(C)N2C(=O)/C(=C/c3cccc(Br)c3)SC2=S)cc1. The van der Waals surface area contributed by atoms with Gasteiger partial charge in [0.15, 0.2) is 0 Å². The standard InChI is InChI=1S/C21H19BrN2O3S2/c1-3-27-17-9-7-16(8-10-17)23-19(25)13(2)24-20(26)18(29-21(24)28)12-14-5-4-6-15(22)11-14/h4-13H,3H2,1-2H3,(H,23,25)/b18-12-. The summed E-state index contributed by atoms with van der Waals surface area (Å²) in [7, 11) is 0. The van der Waals surface area contributed by atoms with Gasteiger partial charge in [-0.1, -0.05) is 52.0 Å². The first-order valence-electron chi connectivity index (χ1n) is 8.95. The van der Waals surface area contributed by atoms with Gasteiger partial charge >= 0.3 is 0 Å². The number of anilines is 1. The number of hydrogen-bond donors (Lipinski definition) is 1. The third-order valence-electron chi connectivity index (χ3n) is 4.17. The third kappa shape index (κ3) is 5.26. The van der Waals surface area contributed by atoms with E-state index >= 15 is 0 Å². The number of carbonyl (C=O) groups excluding carboxylic acids is 2. The number of thiocarbonyl (C=S) groups is 1. The Bertz CT molecular complexity index is 976. The van der Waals surface area contributed by atoms with E-state index in [9.17, 15) is 9.59 Å². The molecule has 0 saturated carbocycles. The number of ether oxygens (including phenoxy) is 1. The first kappa shape index (κ1) is 21.5. The van der Waals surface area contributed by atoms with E-state index in [4.69, 9.17) is 17.0 Å². The molecule has 0 aromatic heterocycles. The van der Waals surface area contributed by atoms with E-state index in [1.165, 1.54) is 16.7 Å². The van der Waals surface area contributed by atoms with Gasteiger partial charge in [-0.15, -0.1) is 0 Å². The summed E-state index contributed by atoms with van der Waals surface area (Å²) in [5.74, 6) is 0.150. The molecule has 5 nitrogen and oxygen atoms in total. The van der Waals surface area contributed by atoms with Gasteiger partial charge in [0.05, 0.1) is 11.5 Å². The number of amides is 2. The highest BCUT2D eigenvalue weighted by Crippen LogP contribution is 2.34. The summed E-state index contributed by atoms with van der Waals surface area (Å²) in [6.45, 7) is 4.14. The Balaban J connectivity index is 1.71. The summed E-state index contributed by atoms with van der Waals surface area (Å²) in [4.78, 5) is 27.4. The first-order chi connectivity index (χ1) is 13.9. The summed E-state index contributed by atoms with van der Waals surface area (Å²) in [6, 6.07) is 14.0. The molecule has 1 heterocycles. The molecule has 29 heavy (non-hydrogen) atoms. The van der Waals surface area contributed by atoms with Crippen LogP contribution in [0.15, 0.2) is 57.9 Å². The molecule has 1 N–H and O–H groups in total. The molecule has 8 heteroatoms.